The smallest absolute Gasteiger partial charge is 0.381 e. The Bertz CT molecular complexity index is 589. The molecule has 0 aliphatic carbocycles. The van der Waals surface area contributed by atoms with Gasteiger partial charge in [-0.3, -0.25) is 0 Å². The molecule has 9 heteroatoms. The van der Waals surface area contributed by atoms with Crippen LogP contribution in [-0.4, -0.2) is 14.8 Å². The number of rotatable bonds is 1. The van der Waals surface area contributed by atoms with Crippen LogP contribution in [0.15, 0.2) is 18.3 Å². The number of nitrogens with two attached hydrogens (primary N) is 1. The van der Waals surface area contributed by atoms with Gasteiger partial charge in [-0.25, -0.2) is 18.4 Å². The Morgan fingerprint density at radius 3 is 2.39 bits per heavy atom. The molecular formula is C9H5F5N4. The lowest BCUT2D eigenvalue weighted by atomic mass is 10.4. The summed E-state index contributed by atoms with van der Waals surface area (Å²) in [4.78, 5) is 3.30. The highest BCUT2D eigenvalue weighted by atomic mass is 19.4. The normalized spacial score (nSPS) is 11.8. The molecule has 0 saturated carbocycles. The van der Waals surface area contributed by atoms with E-state index >= 15 is 0 Å². The first kappa shape index (κ1) is 12.3. The molecule has 0 amide bonds. The Hall–Kier alpha value is -2.19. The van der Waals surface area contributed by atoms with Crippen molar-refractivity contribution >= 4 is 5.82 Å². The minimum atomic E-state index is -4.66. The highest BCUT2D eigenvalue weighted by molar-refractivity contribution is 5.38. The number of nitrogens with zero attached hydrogens (tertiary/aromatic N) is 3. The van der Waals surface area contributed by atoms with Gasteiger partial charge < -0.3 is 5.73 Å². The molecule has 2 N–H and O–H groups in total. The third kappa shape index (κ3) is 2.11. The van der Waals surface area contributed by atoms with Crippen LogP contribution in [-0.2, 0) is 6.18 Å². The van der Waals surface area contributed by atoms with Crippen LogP contribution < -0.4 is 5.73 Å². The van der Waals surface area contributed by atoms with Crippen molar-refractivity contribution in [3.63, 3.8) is 0 Å². The molecule has 18 heavy (non-hydrogen) atoms. The molecule has 0 aliphatic rings. The Kier molecular flexibility index (Phi) is 2.68. The lowest BCUT2D eigenvalue weighted by molar-refractivity contribution is -0.141. The minimum absolute atomic E-state index is 0.423. The van der Waals surface area contributed by atoms with Gasteiger partial charge in [0.05, 0.1) is 0 Å². The Morgan fingerprint density at radius 1 is 1.17 bits per heavy atom. The van der Waals surface area contributed by atoms with Crippen molar-refractivity contribution in [1.29, 1.82) is 0 Å². The maximum absolute atomic E-state index is 13.3. The molecule has 2 aromatic heterocycles. The van der Waals surface area contributed by atoms with E-state index in [1.165, 1.54) is 0 Å². The maximum Gasteiger partial charge on any atom is 0.435 e. The number of nitrogen functional groups attached to an aromatic ring is 1. The van der Waals surface area contributed by atoms with Crippen LogP contribution in [0.4, 0.5) is 27.8 Å². The molecule has 0 saturated heterocycles. The summed E-state index contributed by atoms with van der Waals surface area (Å²) >= 11 is 0. The summed E-state index contributed by atoms with van der Waals surface area (Å²) in [5.74, 6) is -3.50. The van der Waals surface area contributed by atoms with E-state index in [9.17, 15) is 22.0 Å². The van der Waals surface area contributed by atoms with Gasteiger partial charge in [-0.05, 0) is 6.07 Å². The van der Waals surface area contributed by atoms with Crippen molar-refractivity contribution in [2.45, 2.75) is 6.18 Å². The Balaban J connectivity index is 2.50. The SMILES string of the molecule is Nc1nc(-n2ccc(C(F)(F)F)n2)c(F)cc1F. The summed E-state index contributed by atoms with van der Waals surface area (Å²) in [6.45, 7) is 0. The summed E-state index contributed by atoms with van der Waals surface area (Å²) in [5, 5.41) is 3.09. The van der Waals surface area contributed by atoms with Gasteiger partial charge in [0.25, 0.3) is 0 Å². The van der Waals surface area contributed by atoms with Crippen molar-refractivity contribution in [2.75, 3.05) is 5.73 Å². The molecule has 2 heterocycles. The molecule has 0 aromatic carbocycles. The molecule has 2 rings (SSSR count). The molecule has 0 fully saturated rings. The van der Waals surface area contributed by atoms with Crippen LogP contribution in [0.25, 0.3) is 5.82 Å². The zero-order valence-electron chi connectivity index (χ0n) is 8.54. The van der Waals surface area contributed by atoms with Crippen molar-refractivity contribution in [2.24, 2.45) is 0 Å². The summed E-state index contributed by atoms with van der Waals surface area (Å²) in [7, 11) is 0. The van der Waals surface area contributed by atoms with Crippen LogP contribution in [0.1, 0.15) is 5.69 Å². The van der Waals surface area contributed by atoms with Gasteiger partial charge in [0.2, 0.25) is 0 Å². The standard InChI is InChI=1S/C9H5F5N4/c10-4-3-5(11)8(16-7(4)15)18-2-1-6(17-18)9(12,13)14/h1-3H,(H2,15,16). The van der Waals surface area contributed by atoms with Crippen LogP contribution in [0, 0.1) is 11.6 Å². The average molecular weight is 264 g/mol. The van der Waals surface area contributed by atoms with Gasteiger partial charge in [0.1, 0.15) is 0 Å². The van der Waals surface area contributed by atoms with E-state index in [2.05, 4.69) is 10.1 Å². The minimum Gasteiger partial charge on any atom is -0.381 e. The topological polar surface area (TPSA) is 56.7 Å². The van der Waals surface area contributed by atoms with Crippen molar-refractivity contribution in [1.82, 2.24) is 14.8 Å². The van der Waals surface area contributed by atoms with E-state index in [1.807, 2.05) is 0 Å². The van der Waals surface area contributed by atoms with E-state index in [0.717, 1.165) is 6.20 Å². The third-order valence-corrected chi connectivity index (χ3v) is 2.03. The van der Waals surface area contributed by atoms with Crippen LogP contribution >= 0.6 is 0 Å². The Morgan fingerprint density at radius 2 is 1.83 bits per heavy atom. The monoisotopic (exact) mass is 264 g/mol. The molecule has 0 aliphatic heterocycles. The highest BCUT2D eigenvalue weighted by Gasteiger charge is 2.34. The molecule has 0 spiro atoms. The number of hydrogen-bond acceptors (Lipinski definition) is 3. The molecule has 96 valence electrons. The van der Waals surface area contributed by atoms with Gasteiger partial charge in [0, 0.05) is 12.3 Å². The molecule has 0 unspecified atom stereocenters. The lowest BCUT2D eigenvalue weighted by Crippen LogP contribution is -2.10. The van der Waals surface area contributed by atoms with Crippen molar-refractivity contribution in [3.05, 3.63) is 35.7 Å². The first-order valence-electron chi connectivity index (χ1n) is 4.54. The van der Waals surface area contributed by atoms with E-state index in [4.69, 9.17) is 5.73 Å². The van der Waals surface area contributed by atoms with Gasteiger partial charge >= 0.3 is 6.18 Å². The van der Waals surface area contributed by atoms with E-state index in [0.29, 0.717) is 16.8 Å². The fourth-order valence-corrected chi connectivity index (χ4v) is 1.22. The predicted molar refractivity (Wildman–Crippen MR) is 50.7 cm³/mol. The number of pyridine rings is 1. The van der Waals surface area contributed by atoms with E-state index < -0.39 is 35.1 Å². The fourth-order valence-electron chi connectivity index (χ4n) is 1.22. The van der Waals surface area contributed by atoms with Crippen LogP contribution in [0.5, 0.6) is 0 Å². The van der Waals surface area contributed by atoms with E-state index in [-0.39, 0.29) is 0 Å². The van der Waals surface area contributed by atoms with Crippen molar-refractivity contribution in [3.8, 4) is 5.82 Å². The quantitative estimate of drug-likeness (QED) is 0.803. The zero-order chi connectivity index (χ0) is 13.5. The summed E-state index contributed by atoms with van der Waals surface area (Å²) in [5.41, 5.74) is 3.89. The second-order valence-electron chi connectivity index (χ2n) is 3.30. The summed E-state index contributed by atoms with van der Waals surface area (Å²) < 4.78 is 63.5. The first-order chi connectivity index (χ1) is 8.29. The molecule has 0 bridgehead atoms. The van der Waals surface area contributed by atoms with Crippen LogP contribution in [0.2, 0.25) is 0 Å². The maximum atomic E-state index is 13.3. The second kappa shape index (κ2) is 3.93. The average Bonchev–Trinajstić information content (AvgIpc) is 2.72. The Labute approximate surface area is 96.8 Å². The third-order valence-electron chi connectivity index (χ3n) is 2.03. The molecule has 4 nitrogen and oxygen atoms in total. The summed E-state index contributed by atoms with van der Waals surface area (Å²) in [6, 6.07) is 1.06. The number of hydrogen-bond donors (Lipinski definition) is 1. The van der Waals surface area contributed by atoms with Gasteiger partial charge in [-0.15, -0.1) is 0 Å². The second-order valence-corrected chi connectivity index (χ2v) is 3.30. The fraction of sp³-hybridized carbons (Fsp3) is 0.111. The highest BCUT2D eigenvalue weighted by Crippen LogP contribution is 2.28. The lowest BCUT2D eigenvalue weighted by Gasteiger charge is -2.05. The molecule has 0 radical (unpaired) electrons. The van der Waals surface area contributed by atoms with E-state index in [1.54, 1.807) is 0 Å². The van der Waals surface area contributed by atoms with Gasteiger partial charge in [-0.1, -0.05) is 0 Å². The number of anilines is 1. The zero-order valence-corrected chi connectivity index (χ0v) is 8.54. The van der Waals surface area contributed by atoms with Gasteiger partial charge in [0.15, 0.2) is 29.0 Å². The molecule has 2 aromatic rings. The van der Waals surface area contributed by atoms with Gasteiger partial charge in [-0.2, -0.15) is 18.3 Å². The predicted octanol–water partition coefficient (Wildman–Crippen LogP) is 2.15. The summed E-state index contributed by atoms with van der Waals surface area (Å²) in [6.07, 6.45) is -3.81. The number of alkyl halides is 3. The largest absolute Gasteiger partial charge is 0.435 e. The molecular weight excluding hydrogens is 259 g/mol. The number of aromatic nitrogens is 3. The van der Waals surface area contributed by atoms with Crippen molar-refractivity contribution < 1.29 is 22.0 Å². The number of halogens is 5. The first-order valence-corrected chi connectivity index (χ1v) is 4.54. The molecule has 0 atom stereocenters. The van der Waals surface area contributed by atoms with Crippen LogP contribution in [0.3, 0.4) is 0 Å².